The summed E-state index contributed by atoms with van der Waals surface area (Å²) in [6, 6.07) is 7.44. The van der Waals surface area contributed by atoms with E-state index in [9.17, 15) is 12.8 Å². The molecular weight excluding hydrogens is 427 g/mol. The number of hydrogen-bond donors (Lipinski definition) is 2. The van der Waals surface area contributed by atoms with Gasteiger partial charge in [-0.05, 0) is 63.0 Å². The number of halogens is 3. The molecule has 0 bridgehead atoms. The van der Waals surface area contributed by atoms with Gasteiger partial charge in [0.25, 0.3) is 10.0 Å². The van der Waals surface area contributed by atoms with Crippen molar-refractivity contribution >= 4 is 53.3 Å². The molecule has 0 saturated carbocycles. The Morgan fingerprint density at radius 1 is 1.19 bits per heavy atom. The fraction of sp³-hybridized carbons (Fsp3) is 0.0769. The van der Waals surface area contributed by atoms with E-state index in [1.807, 2.05) is 0 Å². The van der Waals surface area contributed by atoms with Crippen molar-refractivity contribution in [2.24, 2.45) is 0 Å². The zero-order valence-electron chi connectivity index (χ0n) is 10.8. The van der Waals surface area contributed by atoms with Crippen molar-refractivity contribution in [3.8, 4) is 0 Å². The Balaban J connectivity index is 2.54. The van der Waals surface area contributed by atoms with Crippen molar-refractivity contribution in [3.05, 3.63) is 50.7 Å². The number of anilines is 2. The molecule has 0 aliphatic rings. The molecule has 0 atom stereocenters. The van der Waals surface area contributed by atoms with Crippen molar-refractivity contribution in [1.29, 1.82) is 0 Å². The van der Waals surface area contributed by atoms with Gasteiger partial charge in [-0.1, -0.05) is 6.07 Å². The highest BCUT2D eigenvalue weighted by Gasteiger charge is 2.22. The van der Waals surface area contributed by atoms with Crippen LogP contribution in [0, 0.1) is 12.7 Å². The number of nitrogen functional groups attached to an aromatic ring is 1. The summed E-state index contributed by atoms with van der Waals surface area (Å²) in [5, 5.41) is 0. The topological polar surface area (TPSA) is 72.2 Å². The molecule has 0 unspecified atom stereocenters. The Morgan fingerprint density at radius 2 is 1.76 bits per heavy atom. The zero-order valence-corrected chi connectivity index (χ0v) is 14.8. The maximum Gasteiger partial charge on any atom is 0.262 e. The minimum absolute atomic E-state index is 0.0138. The lowest BCUT2D eigenvalue weighted by Crippen LogP contribution is -2.16. The Kier molecular flexibility index (Phi) is 4.60. The van der Waals surface area contributed by atoms with Gasteiger partial charge in [0.15, 0.2) is 0 Å². The van der Waals surface area contributed by atoms with Gasteiger partial charge in [0.05, 0.1) is 10.6 Å². The van der Waals surface area contributed by atoms with Gasteiger partial charge in [-0.15, -0.1) is 0 Å². The highest BCUT2D eigenvalue weighted by Crippen LogP contribution is 2.33. The van der Waals surface area contributed by atoms with E-state index < -0.39 is 15.8 Å². The second-order valence-corrected chi connectivity index (χ2v) is 7.69. The van der Waals surface area contributed by atoms with E-state index in [4.69, 9.17) is 5.73 Å². The summed E-state index contributed by atoms with van der Waals surface area (Å²) in [6.07, 6.45) is 0. The van der Waals surface area contributed by atoms with Crippen LogP contribution in [0.5, 0.6) is 0 Å². The Hall–Kier alpha value is -1.12. The van der Waals surface area contributed by atoms with E-state index in [1.54, 1.807) is 18.2 Å². The first-order chi connectivity index (χ1) is 9.72. The first kappa shape index (κ1) is 16.3. The molecule has 112 valence electrons. The van der Waals surface area contributed by atoms with Crippen molar-refractivity contribution in [2.75, 3.05) is 10.5 Å². The Labute approximate surface area is 138 Å². The van der Waals surface area contributed by atoms with Crippen LogP contribution in [0.4, 0.5) is 15.8 Å². The van der Waals surface area contributed by atoms with Crippen LogP contribution in [0.25, 0.3) is 0 Å². The molecule has 0 saturated heterocycles. The summed E-state index contributed by atoms with van der Waals surface area (Å²) in [6.45, 7) is 1.39. The average molecular weight is 438 g/mol. The van der Waals surface area contributed by atoms with E-state index in [1.165, 1.54) is 13.0 Å². The molecule has 8 heteroatoms. The minimum atomic E-state index is -3.96. The fourth-order valence-electron chi connectivity index (χ4n) is 1.74. The molecule has 0 amide bonds. The SMILES string of the molecule is Cc1c(F)cc(N)cc1S(=O)(=O)Nc1c(Br)cccc1Br. The lowest BCUT2D eigenvalue weighted by molar-refractivity contribution is 0.591. The number of nitrogens with one attached hydrogen (secondary N) is 1. The molecule has 2 aromatic rings. The monoisotopic (exact) mass is 436 g/mol. The highest BCUT2D eigenvalue weighted by atomic mass is 79.9. The first-order valence-electron chi connectivity index (χ1n) is 5.75. The van der Waals surface area contributed by atoms with Crippen LogP contribution in [0.2, 0.25) is 0 Å². The average Bonchev–Trinajstić information content (AvgIpc) is 2.38. The Bertz CT molecular complexity index is 790. The van der Waals surface area contributed by atoms with Gasteiger partial charge in [0.2, 0.25) is 0 Å². The zero-order chi connectivity index (χ0) is 15.8. The van der Waals surface area contributed by atoms with Crippen LogP contribution in [0.1, 0.15) is 5.56 Å². The predicted octanol–water partition coefficient (Wildman–Crippen LogP) is 4.04. The number of benzene rings is 2. The number of nitrogens with two attached hydrogens (primary N) is 1. The van der Waals surface area contributed by atoms with Crippen LogP contribution >= 0.6 is 31.9 Å². The van der Waals surface area contributed by atoms with Crippen molar-refractivity contribution in [2.45, 2.75) is 11.8 Å². The second kappa shape index (κ2) is 5.94. The van der Waals surface area contributed by atoms with Crippen LogP contribution in [0.15, 0.2) is 44.2 Å². The highest BCUT2D eigenvalue weighted by molar-refractivity contribution is 9.11. The molecule has 21 heavy (non-hydrogen) atoms. The summed E-state index contributed by atoms with van der Waals surface area (Å²) in [7, 11) is -3.96. The third-order valence-electron chi connectivity index (χ3n) is 2.81. The van der Waals surface area contributed by atoms with Crippen LogP contribution < -0.4 is 10.5 Å². The van der Waals surface area contributed by atoms with Crippen molar-refractivity contribution in [1.82, 2.24) is 0 Å². The molecule has 0 radical (unpaired) electrons. The van der Waals surface area contributed by atoms with Gasteiger partial charge < -0.3 is 5.73 Å². The van der Waals surface area contributed by atoms with E-state index in [2.05, 4.69) is 36.6 Å². The van der Waals surface area contributed by atoms with Gasteiger partial charge in [-0.25, -0.2) is 12.8 Å². The molecule has 4 nitrogen and oxygen atoms in total. The summed E-state index contributed by atoms with van der Waals surface area (Å²) < 4.78 is 42.1. The summed E-state index contributed by atoms with van der Waals surface area (Å²) >= 11 is 6.53. The third kappa shape index (κ3) is 3.38. The number of hydrogen-bond acceptors (Lipinski definition) is 3. The summed E-state index contributed by atoms with van der Waals surface area (Å²) in [5.41, 5.74) is 5.92. The molecule has 0 fully saturated rings. The minimum Gasteiger partial charge on any atom is -0.399 e. The van der Waals surface area contributed by atoms with Crippen LogP contribution in [-0.4, -0.2) is 8.42 Å². The maximum absolute atomic E-state index is 13.7. The molecule has 3 N–H and O–H groups in total. The lowest BCUT2D eigenvalue weighted by atomic mass is 10.2. The number of sulfonamides is 1. The third-order valence-corrected chi connectivity index (χ3v) is 5.61. The van der Waals surface area contributed by atoms with Gasteiger partial charge in [0, 0.05) is 20.2 Å². The standard InChI is InChI=1S/C13H11Br2FN2O2S/c1-7-11(16)5-8(17)6-12(7)21(19,20)18-13-9(14)3-2-4-10(13)15/h2-6,18H,17H2,1H3. The van der Waals surface area contributed by atoms with E-state index in [-0.39, 0.29) is 16.1 Å². The van der Waals surface area contributed by atoms with E-state index in [0.717, 1.165) is 6.07 Å². The van der Waals surface area contributed by atoms with Crippen molar-refractivity contribution < 1.29 is 12.8 Å². The van der Waals surface area contributed by atoms with Crippen LogP contribution in [-0.2, 0) is 10.0 Å². The predicted molar refractivity (Wildman–Crippen MR) is 88.2 cm³/mol. The molecule has 0 aliphatic carbocycles. The maximum atomic E-state index is 13.7. The quantitative estimate of drug-likeness (QED) is 0.711. The first-order valence-corrected chi connectivity index (χ1v) is 8.82. The molecule has 2 rings (SSSR count). The molecule has 0 aliphatic heterocycles. The smallest absolute Gasteiger partial charge is 0.262 e. The Morgan fingerprint density at radius 3 is 2.33 bits per heavy atom. The second-order valence-electron chi connectivity index (χ2n) is 4.33. The molecule has 2 aromatic carbocycles. The van der Waals surface area contributed by atoms with Gasteiger partial charge in [0.1, 0.15) is 5.82 Å². The molecule has 0 heterocycles. The van der Waals surface area contributed by atoms with Gasteiger partial charge >= 0.3 is 0 Å². The van der Waals surface area contributed by atoms with Gasteiger partial charge in [-0.3, -0.25) is 4.72 Å². The normalized spacial score (nSPS) is 11.4. The number of para-hydroxylation sites is 1. The summed E-state index contributed by atoms with van der Waals surface area (Å²) in [4.78, 5) is -0.192. The summed E-state index contributed by atoms with van der Waals surface area (Å²) in [5.74, 6) is -0.665. The molecule has 0 aromatic heterocycles. The van der Waals surface area contributed by atoms with Gasteiger partial charge in [-0.2, -0.15) is 0 Å². The largest absolute Gasteiger partial charge is 0.399 e. The lowest BCUT2D eigenvalue weighted by Gasteiger charge is -2.14. The van der Waals surface area contributed by atoms with E-state index >= 15 is 0 Å². The fourth-order valence-corrected chi connectivity index (χ4v) is 4.59. The van der Waals surface area contributed by atoms with E-state index in [0.29, 0.717) is 14.6 Å². The molecular formula is C13H11Br2FN2O2S. The molecule has 0 spiro atoms. The van der Waals surface area contributed by atoms with Crippen LogP contribution in [0.3, 0.4) is 0 Å². The van der Waals surface area contributed by atoms with Crippen molar-refractivity contribution in [3.63, 3.8) is 0 Å². The number of rotatable bonds is 3.